The first kappa shape index (κ1) is 6.43. The third-order valence-corrected chi connectivity index (χ3v) is 3.82. The largest absolute Gasteiger partial charge is 0.616 e. The van der Waals surface area contributed by atoms with Gasteiger partial charge in [0.1, 0.15) is 10.5 Å². The summed E-state index contributed by atoms with van der Waals surface area (Å²) in [6.07, 6.45) is 2.29. The summed E-state index contributed by atoms with van der Waals surface area (Å²) in [6, 6.07) is 0. The third kappa shape index (κ3) is 1.00. The van der Waals surface area contributed by atoms with E-state index in [1.807, 2.05) is 0 Å². The van der Waals surface area contributed by atoms with Crippen LogP contribution in [0.4, 0.5) is 0 Å². The third-order valence-electron chi connectivity index (χ3n) is 1.72. The van der Waals surface area contributed by atoms with Crippen molar-refractivity contribution in [1.29, 1.82) is 0 Å². The Morgan fingerprint density at radius 3 is 2.25 bits per heavy atom. The summed E-state index contributed by atoms with van der Waals surface area (Å²) in [4.78, 5) is 0. The lowest BCUT2D eigenvalue weighted by Gasteiger charge is -2.19. The molecule has 1 saturated heterocycles. The first-order valence-electron chi connectivity index (χ1n) is 3.01. The molecule has 1 rings (SSSR count). The van der Waals surface area contributed by atoms with E-state index in [0.717, 1.165) is 18.6 Å². The molecule has 0 aromatic heterocycles. The van der Waals surface area contributed by atoms with Crippen molar-refractivity contribution < 1.29 is 4.55 Å². The molecule has 1 heterocycles. The second-order valence-corrected chi connectivity index (χ2v) is 5.12. The molecule has 0 aromatic rings. The lowest BCUT2D eigenvalue weighted by atomic mass is 10.1. The van der Waals surface area contributed by atoms with Gasteiger partial charge in [-0.1, -0.05) is 0 Å². The van der Waals surface area contributed by atoms with E-state index < -0.39 is 11.2 Å². The Hall–Kier alpha value is 0.310. The van der Waals surface area contributed by atoms with E-state index >= 15 is 0 Å². The van der Waals surface area contributed by atoms with Gasteiger partial charge in [-0.25, -0.2) is 0 Å². The quantitative estimate of drug-likeness (QED) is 0.456. The van der Waals surface area contributed by atoms with Crippen LogP contribution in [0.2, 0.25) is 0 Å². The monoisotopic (exact) mass is 132 g/mol. The molecule has 0 spiro atoms. The summed E-state index contributed by atoms with van der Waals surface area (Å²) in [7, 11) is 0. The summed E-state index contributed by atoms with van der Waals surface area (Å²) in [5.41, 5.74) is 0. The molecule has 0 aliphatic carbocycles. The molecule has 1 unspecified atom stereocenters. The van der Waals surface area contributed by atoms with E-state index in [0.29, 0.717) is 0 Å². The summed E-state index contributed by atoms with van der Waals surface area (Å²) in [5.74, 6) is 0.924. The van der Waals surface area contributed by atoms with E-state index in [1.165, 1.54) is 0 Å². The van der Waals surface area contributed by atoms with Gasteiger partial charge in [0.15, 0.2) is 0 Å². The highest BCUT2D eigenvalue weighted by molar-refractivity contribution is 7.93. The van der Waals surface area contributed by atoms with Crippen LogP contribution in [-0.4, -0.2) is 15.1 Å². The zero-order chi connectivity index (χ0) is 6.20. The van der Waals surface area contributed by atoms with Gasteiger partial charge in [-0.2, -0.15) is 0 Å². The molecule has 8 heavy (non-hydrogen) atoms. The Bertz CT molecular complexity index is 90.5. The average molecular weight is 132 g/mol. The molecule has 1 fully saturated rings. The number of hydrogen-bond donors (Lipinski definition) is 0. The Kier molecular flexibility index (Phi) is 1.54. The predicted molar refractivity (Wildman–Crippen MR) is 36.3 cm³/mol. The van der Waals surface area contributed by atoms with Gasteiger partial charge in [0.2, 0.25) is 0 Å². The van der Waals surface area contributed by atoms with Crippen molar-refractivity contribution in [2.24, 2.45) is 0 Å². The van der Waals surface area contributed by atoms with Crippen LogP contribution in [0.15, 0.2) is 0 Å². The zero-order valence-electron chi connectivity index (χ0n) is 5.44. The molecule has 0 N–H and O–H groups in total. The molecule has 1 aliphatic heterocycles. The second kappa shape index (κ2) is 1.92. The predicted octanol–water partition coefficient (Wildman–Crippen LogP) is 1.31. The number of hydrogen-bond acceptors (Lipinski definition) is 1. The van der Waals surface area contributed by atoms with Gasteiger partial charge in [-0.05, 0) is 31.4 Å². The van der Waals surface area contributed by atoms with Gasteiger partial charge in [-0.3, -0.25) is 0 Å². The Morgan fingerprint density at radius 2 is 2.12 bits per heavy atom. The van der Waals surface area contributed by atoms with E-state index in [4.69, 9.17) is 0 Å². The van der Waals surface area contributed by atoms with Crippen LogP contribution < -0.4 is 0 Å². The molecule has 48 valence electrons. The molecule has 0 bridgehead atoms. The van der Waals surface area contributed by atoms with E-state index in [2.05, 4.69) is 13.8 Å². The van der Waals surface area contributed by atoms with Crippen molar-refractivity contribution in [2.45, 2.75) is 31.4 Å². The normalized spacial score (nSPS) is 35.6. The molecule has 0 aromatic carbocycles. The Labute approximate surface area is 53.7 Å². The van der Waals surface area contributed by atoms with Crippen molar-refractivity contribution in [3.8, 4) is 0 Å². The first-order valence-corrected chi connectivity index (χ1v) is 4.33. The average Bonchev–Trinajstić information content (AvgIpc) is 1.86. The highest BCUT2D eigenvalue weighted by Crippen LogP contribution is 2.30. The lowest BCUT2D eigenvalue weighted by Crippen LogP contribution is -2.26. The highest BCUT2D eigenvalue weighted by atomic mass is 32.2. The van der Waals surface area contributed by atoms with Gasteiger partial charge in [0.05, 0.1) is 0 Å². The number of rotatable bonds is 0. The Balaban J connectivity index is 2.54. The van der Waals surface area contributed by atoms with Crippen molar-refractivity contribution >= 4 is 11.2 Å². The SMILES string of the molecule is CC1(C)CCC[S+]1[O-]. The summed E-state index contributed by atoms with van der Waals surface area (Å²) >= 11 is -0.533. The maximum absolute atomic E-state index is 11.0. The van der Waals surface area contributed by atoms with Gasteiger partial charge >= 0.3 is 0 Å². The summed E-state index contributed by atoms with van der Waals surface area (Å²) in [6.45, 7) is 4.16. The van der Waals surface area contributed by atoms with Crippen LogP contribution in [0.1, 0.15) is 26.7 Å². The highest BCUT2D eigenvalue weighted by Gasteiger charge is 2.36. The molecule has 0 saturated carbocycles. The lowest BCUT2D eigenvalue weighted by molar-refractivity contribution is 0.557. The minimum absolute atomic E-state index is 0.125. The molecule has 1 aliphatic rings. The van der Waals surface area contributed by atoms with Gasteiger partial charge in [-0.15, -0.1) is 0 Å². The van der Waals surface area contributed by atoms with Gasteiger partial charge in [0, 0.05) is 6.42 Å². The smallest absolute Gasteiger partial charge is 0.120 e. The zero-order valence-corrected chi connectivity index (χ0v) is 6.25. The molecule has 1 nitrogen and oxygen atoms in total. The Morgan fingerprint density at radius 1 is 1.50 bits per heavy atom. The van der Waals surface area contributed by atoms with Crippen LogP contribution in [0.25, 0.3) is 0 Å². The molecule has 0 radical (unpaired) electrons. The molecular weight excluding hydrogens is 120 g/mol. The minimum Gasteiger partial charge on any atom is -0.616 e. The minimum atomic E-state index is -0.533. The molecule has 1 atom stereocenters. The van der Waals surface area contributed by atoms with Crippen LogP contribution in [0.3, 0.4) is 0 Å². The topological polar surface area (TPSA) is 23.1 Å². The van der Waals surface area contributed by atoms with E-state index in [1.54, 1.807) is 0 Å². The second-order valence-electron chi connectivity index (χ2n) is 2.91. The fourth-order valence-corrected chi connectivity index (χ4v) is 2.35. The molecular formula is C6H12OS. The van der Waals surface area contributed by atoms with Gasteiger partial charge in [0.25, 0.3) is 0 Å². The van der Waals surface area contributed by atoms with Crippen LogP contribution in [0, 0.1) is 0 Å². The fourth-order valence-electron chi connectivity index (χ4n) is 1.02. The van der Waals surface area contributed by atoms with Crippen molar-refractivity contribution in [3.63, 3.8) is 0 Å². The molecule has 2 heteroatoms. The van der Waals surface area contributed by atoms with Crippen molar-refractivity contribution in [2.75, 3.05) is 5.75 Å². The van der Waals surface area contributed by atoms with Crippen molar-refractivity contribution in [1.82, 2.24) is 0 Å². The standard InChI is InChI=1S/C6H12OS/c1-6(2)4-3-5-8(6)7/h3-5H2,1-2H3. The van der Waals surface area contributed by atoms with Crippen molar-refractivity contribution in [3.05, 3.63) is 0 Å². The summed E-state index contributed by atoms with van der Waals surface area (Å²) in [5, 5.41) is 0. The van der Waals surface area contributed by atoms with Crippen LogP contribution in [-0.2, 0) is 11.2 Å². The fraction of sp³-hybridized carbons (Fsp3) is 1.00. The first-order chi connectivity index (χ1) is 3.63. The maximum atomic E-state index is 11.0. The van der Waals surface area contributed by atoms with Crippen LogP contribution in [0.5, 0.6) is 0 Å². The van der Waals surface area contributed by atoms with Gasteiger partial charge < -0.3 is 4.55 Å². The maximum Gasteiger partial charge on any atom is 0.120 e. The summed E-state index contributed by atoms with van der Waals surface area (Å²) < 4.78 is 11.1. The van der Waals surface area contributed by atoms with Crippen LogP contribution >= 0.6 is 0 Å². The molecule has 0 amide bonds. The van der Waals surface area contributed by atoms with E-state index in [9.17, 15) is 4.55 Å². The van der Waals surface area contributed by atoms with E-state index in [-0.39, 0.29) is 4.75 Å².